The van der Waals surface area contributed by atoms with Gasteiger partial charge in [0.05, 0.1) is 25.9 Å². The monoisotopic (exact) mass is 207 g/mol. The van der Waals surface area contributed by atoms with Gasteiger partial charge in [-0.3, -0.25) is 0 Å². The maximum absolute atomic E-state index is 6.11. The number of aryl methyl sites for hydroxylation is 1. The molecule has 0 radical (unpaired) electrons. The fourth-order valence-corrected chi connectivity index (χ4v) is 1.72. The number of benzene rings is 1. The molecule has 0 bridgehead atoms. The van der Waals surface area contributed by atoms with Crippen LogP contribution in [0, 0.1) is 6.92 Å². The zero-order valence-electron chi connectivity index (χ0n) is 8.98. The molecule has 0 spiro atoms. The van der Waals surface area contributed by atoms with Gasteiger partial charge in [0.25, 0.3) is 0 Å². The zero-order chi connectivity index (χ0) is 10.7. The number of nitrogens with two attached hydrogens (primary N) is 1. The third-order valence-electron chi connectivity index (χ3n) is 2.70. The Bertz CT molecular complexity index is 304. The summed E-state index contributed by atoms with van der Waals surface area (Å²) in [6.45, 7) is 3.98. The van der Waals surface area contributed by atoms with Crippen LogP contribution in [0.15, 0.2) is 24.3 Å². The average Bonchev–Trinajstić information content (AvgIpc) is 2.30. The van der Waals surface area contributed by atoms with Gasteiger partial charge in [-0.1, -0.05) is 29.8 Å². The van der Waals surface area contributed by atoms with Gasteiger partial charge in [-0.2, -0.15) is 0 Å². The smallest absolute Gasteiger partial charge is 0.100 e. The average molecular weight is 207 g/mol. The summed E-state index contributed by atoms with van der Waals surface area (Å²) in [7, 11) is 0. The fourth-order valence-electron chi connectivity index (χ4n) is 1.72. The Hall–Kier alpha value is -0.900. The predicted octanol–water partition coefficient (Wildman–Crippen LogP) is 1.41. The minimum atomic E-state index is -0.0918. The summed E-state index contributed by atoms with van der Waals surface area (Å²) in [6, 6.07) is 8.15. The SMILES string of the molecule is Cc1ccc(C(N)C2COCCO2)cc1. The molecular formula is C12H17NO2. The van der Waals surface area contributed by atoms with Crippen molar-refractivity contribution in [2.75, 3.05) is 19.8 Å². The summed E-state index contributed by atoms with van der Waals surface area (Å²) in [5, 5.41) is 0. The van der Waals surface area contributed by atoms with E-state index < -0.39 is 0 Å². The first-order valence-electron chi connectivity index (χ1n) is 5.29. The zero-order valence-corrected chi connectivity index (χ0v) is 8.98. The van der Waals surface area contributed by atoms with Crippen LogP contribution in [-0.2, 0) is 9.47 Å². The predicted molar refractivity (Wildman–Crippen MR) is 58.7 cm³/mol. The van der Waals surface area contributed by atoms with Crippen molar-refractivity contribution in [3.05, 3.63) is 35.4 Å². The van der Waals surface area contributed by atoms with Crippen molar-refractivity contribution in [2.24, 2.45) is 5.73 Å². The van der Waals surface area contributed by atoms with E-state index in [9.17, 15) is 0 Å². The normalized spacial score (nSPS) is 23.7. The Morgan fingerprint density at radius 1 is 1.27 bits per heavy atom. The van der Waals surface area contributed by atoms with Crippen LogP contribution in [0.2, 0.25) is 0 Å². The van der Waals surface area contributed by atoms with Crippen molar-refractivity contribution in [2.45, 2.75) is 19.1 Å². The molecule has 2 atom stereocenters. The maximum Gasteiger partial charge on any atom is 0.100 e. The second kappa shape index (κ2) is 4.75. The molecule has 0 aliphatic carbocycles. The molecule has 1 aromatic rings. The van der Waals surface area contributed by atoms with Crippen molar-refractivity contribution >= 4 is 0 Å². The van der Waals surface area contributed by atoms with E-state index in [1.807, 2.05) is 0 Å². The van der Waals surface area contributed by atoms with Crippen molar-refractivity contribution < 1.29 is 9.47 Å². The van der Waals surface area contributed by atoms with E-state index in [1.54, 1.807) is 0 Å². The summed E-state index contributed by atoms with van der Waals surface area (Å²) in [5.41, 5.74) is 8.46. The van der Waals surface area contributed by atoms with Gasteiger partial charge in [0, 0.05) is 0 Å². The molecule has 2 rings (SSSR count). The molecule has 3 heteroatoms. The topological polar surface area (TPSA) is 44.5 Å². The van der Waals surface area contributed by atoms with Crippen LogP contribution in [0.5, 0.6) is 0 Å². The molecule has 82 valence electrons. The molecule has 0 amide bonds. The molecule has 0 aromatic heterocycles. The van der Waals surface area contributed by atoms with Gasteiger partial charge < -0.3 is 15.2 Å². The van der Waals surface area contributed by atoms with E-state index in [0.717, 1.165) is 5.56 Å². The van der Waals surface area contributed by atoms with Gasteiger partial charge in [-0.15, -0.1) is 0 Å². The third-order valence-corrected chi connectivity index (χ3v) is 2.70. The van der Waals surface area contributed by atoms with Crippen LogP contribution in [-0.4, -0.2) is 25.9 Å². The highest BCUT2D eigenvalue weighted by Crippen LogP contribution is 2.19. The van der Waals surface area contributed by atoms with Crippen molar-refractivity contribution in [3.8, 4) is 0 Å². The summed E-state index contributed by atoms with van der Waals surface area (Å²) >= 11 is 0. The van der Waals surface area contributed by atoms with Crippen LogP contribution in [0.1, 0.15) is 17.2 Å². The van der Waals surface area contributed by atoms with E-state index in [-0.39, 0.29) is 12.1 Å². The fraction of sp³-hybridized carbons (Fsp3) is 0.500. The van der Waals surface area contributed by atoms with Crippen LogP contribution in [0.3, 0.4) is 0 Å². The highest BCUT2D eigenvalue weighted by molar-refractivity contribution is 5.24. The van der Waals surface area contributed by atoms with Crippen LogP contribution < -0.4 is 5.73 Å². The lowest BCUT2D eigenvalue weighted by Gasteiger charge is -2.28. The highest BCUT2D eigenvalue weighted by atomic mass is 16.6. The minimum Gasteiger partial charge on any atom is -0.376 e. The lowest BCUT2D eigenvalue weighted by atomic mass is 10.0. The van der Waals surface area contributed by atoms with Gasteiger partial charge >= 0.3 is 0 Å². The molecule has 2 unspecified atom stereocenters. The second-order valence-electron chi connectivity index (χ2n) is 3.92. The molecule has 1 saturated heterocycles. The van der Waals surface area contributed by atoms with E-state index in [1.165, 1.54) is 5.56 Å². The molecular weight excluding hydrogens is 190 g/mol. The summed E-state index contributed by atoms with van der Waals surface area (Å²) < 4.78 is 10.9. The minimum absolute atomic E-state index is 0.0125. The quantitative estimate of drug-likeness (QED) is 0.797. The number of hydrogen-bond acceptors (Lipinski definition) is 3. The van der Waals surface area contributed by atoms with E-state index in [0.29, 0.717) is 19.8 Å². The number of rotatable bonds is 2. The first kappa shape index (κ1) is 10.6. The molecule has 2 N–H and O–H groups in total. The maximum atomic E-state index is 6.11. The second-order valence-corrected chi connectivity index (χ2v) is 3.92. The molecule has 1 aliphatic rings. The van der Waals surface area contributed by atoms with Crippen LogP contribution in [0.25, 0.3) is 0 Å². The molecule has 15 heavy (non-hydrogen) atoms. The highest BCUT2D eigenvalue weighted by Gasteiger charge is 2.22. The molecule has 1 aliphatic heterocycles. The Kier molecular flexibility index (Phi) is 3.36. The molecule has 1 heterocycles. The summed E-state index contributed by atoms with van der Waals surface area (Å²) in [4.78, 5) is 0. The Morgan fingerprint density at radius 2 is 2.00 bits per heavy atom. The third kappa shape index (κ3) is 2.56. The van der Waals surface area contributed by atoms with Gasteiger partial charge in [-0.05, 0) is 12.5 Å². The number of ether oxygens (including phenoxy) is 2. The standard InChI is InChI=1S/C12H17NO2/c1-9-2-4-10(5-3-9)12(13)11-8-14-6-7-15-11/h2-5,11-12H,6-8,13H2,1H3. The molecule has 3 nitrogen and oxygen atoms in total. The number of hydrogen-bond donors (Lipinski definition) is 1. The van der Waals surface area contributed by atoms with E-state index >= 15 is 0 Å². The van der Waals surface area contributed by atoms with Crippen LogP contribution in [0.4, 0.5) is 0 Å². The van der Waals surface area contributed by atoms with Crippen molar-refractivity contribution in [1.82, 2.24) is 0 Å². The lowest BCUT2D eigenvalue weighted by Crippen LogP contribution is -2.37. The van der Waals surface area contributed by atoms with Gasteiger partial charge in [-0.25, -0.2) is 0 Å². The first-order valence-corrected chi connectivity index (χ1v) is 5.29. The lowest BCUT2D eigenvalue weighted by molar-refractivity contribution is -0.0975. The van der Waals surface area contributed by atoms with Gasteiger partial charge in [0.2, 0.25) is 0 Å². The van der Waals surface area contributed by atoms with E-state index in [4.69, 9.17) is 15.2 Å². The Balaban J connectivity index is 2.05. The Labute approximate surface area is 90.2 Å². The molecule has 1 aromatic carbocycles. The summed E-state index contributed by atoms with van der Waals surface area (Å²) in [6.07, 6.45) is -0.0125. The van der Waals surface area contributed by atoms with Gasteiger partial charge in [0.15, 0.2) is 0 Å². The molecule has 0 saturated carbocycles. The van der Waals surface area contributed by atoms with Crippen molar-refractivity contribution in [3.63, 3.8) is 0 Å². The van der Waals surface area contributed by atoms with E-state index in [2.05, 4.69) is 31.2 Å². The largest absolute Gasteiger partial charge is 0.376 e. The molecule has 1 fully saturated rings. The van der Waals surface area contributed by atoms with Gasteiger partial charge in [0.1, 0.15) is 6.10 Å². The van der Waals surface area contributed by atoms with Crippen LogP contribution >= 0.6 is 0 Å². The Morgan fingerprint density at radius 3 is 2.60 bits per heavy atom. The summed E-state index contributed by atoms with van der Waals surface area (Å²) in [5.74, 6) is 0. The first-order chi connectivity index (χ1) is 7.27. The van der Waals surface area contributed by atoms with Crippen molar-refractivity contribution in [1.29, 1.82) is 0 Å².